The molecular formula is C16H22N2O3. The zero-order valence-electron chi connectivity index (χ0n) is 12.7. The number of hydrogen-bond donors (Lipinski definition) is 1. The van der Waals surface area contributed by atoms with Gasteiger partial charge in [0.2, 0.25) is 0 Å². The number of carbonyl (C=O) groups excluding carboxylic acids is 1. The molecule has 0 spiro atoms. The van der Waals surface area contributed by atoms with Crippen LogP contribution in [-0.4, -0.2) is 27.5 Å². The number of nitrogens with zero attached hydrogens (tertiary/aromatic N) is 2. The Labute approximate surface area is 125 Å². The van der Waals surface area contributed by atoms with Crippen LogP contribution in [-0.2, 0) is 17.9 Å². The van der Waals surface area contributed by atoms with Crippen LogP contribution in [0.5, 0.6) is 0 Å². The lowest BCUT2D eigenvalue weighted by molar-refractivity contribution is 0.0526. The summed E-state index contributed by atoms with van der Waals surface area (Å²) in [6.07, 6.45) is 3.16. The predicted molar refractivity (Wildman–Crippen MR) is 81.0 cm³/mol. The van der Waals surface area contributed by atoms with Crippen molar-refractivity contribution in [1.29, 1.82) is 0 Å². The molecule has 2 rings (SSSR count). The number of carbonyl (C=O) groups is 1. The number of aliphatic hydroxyl groups excluding tert-OH is 1. The first-order chi connectivity index (χ1) is 10.2. The maximum Gasteiger partial charge on any atom is 0.341 e. The summed E-state index contributed by atoms with van der Waals surface area (Å²) in [6, 6.07) is 7.59. The van der Waals surface area contributed by atoms with E-state index in [2.05, 4.69) is 5.10 Å². The highest BCUT2D eigenvalue weighted by Crippen LogP contribution is 2.07. The molecule has 0 saturated heterocycles. The Morgan fingerprint density at radius 3 is 2.43 bits per heavy atom. The van der Waals surface area contributed by atoms with Crippen molar-refractivity contribution in [2.45, 2.75) is 33.9 Å². The summed E-state index contributed by atoms with van der Waals surface area (Å²) >= 11 is 0. The van der Waals surface area contributed by atoms with Crippen LogP contribution in [0.2, 0.25) is 0 Å². The third-order valence-corrected chi connectivity index (χ3v) is 2.69. The fourth-order valence-electron chi connectivity index (χ4n) is 1.71. The number of aliphatic hydroxyl groups is 1. The first-order valence-electron chi connectivity index (χ1n) is 7.11. The molecule has 2 aromatic rings. The molecule has 1 aromatic carbocycles. The lowest BCUT2D eigenvalue weighted by Crippen LogP contribution is -2.04. The van der Waals surface area contributed by atoms with Crippen LogP contribution >= 0.6 is 0 Å². The number of hydrogen-bond acceptors (Lipinski definition) is 4. The second-order valence-corrected chi connectivity index (χ2v) is 4.12. The van der Waals surface area contributed by atoms with Crippen molar-refractivity contribution in [2.75, 3.05) is 6.61 Å². The van der Waals surface area contributed by atoms with Gasteiger partial charge < -0.3 is 9.84 Å². The maximum atomic E-state index is 11.5. The van der Waals surface area contributed by atoms with Gasteiger partial charge in [-0.2, -0.15) is 5.10 Å². The summed E-state index contributed by atoms with van der Waals surface area (Å²) in [5.74, 6) is -0.357. The van der Waals surface area contributed by atoms with Gasteiger partial charge >= 0.3 is 5.97 Å². The fraction of sp³-hybridized carbons (Fsp3) is 0.375. The maximum absolute atomic E-state index is 11.5. The Kier molecular flexibility index (Phi) is 7.18. The van der Waals surface area contributed by atoms with E-state index in [0.29, 0.717) is 18.7 Å². The minimum atomic E-state index is -0.357. The van der Waals surface area contributed by atoms with Crippen LogP contribution in [0.1, 0.15) is 42.3 Å². The standard InChI is InChI=1S/C14H16N2O3.C2H6/c1-2-19-14(18)13-7-15-16(9-13)8-11-3-5-12(10-17)6-4-11;1-2/h3-7,9,17H,2,8,10H2,1H3;1-2H3. The van der Waals surface area contributed by atoms with Gasteiger partial charge in [0.25, 0.3) is 0 Å². The molecule has 5 nitrogen and oxygen atoms in total. The first kappa shape index (κ1) is 16.9. The first-order valence-corrected chi connectivity index (χ1v) is 7.11. The van der Waals surface area contributed by atoms with E-state index in [1.54, 1.807) is 17.8 Å². The van der Waals surface area contributed by atoms with Gasteiger partial charge in [-0.05, 0) is 18.1 Å². The van der Waals surface area contributed by atoms with Crippen LogP contribution in [0, 0.1) is 0 Å². The van der Waals surface area contributed by atoms with E-state index in [-0.39, 0.29) is 12.6 Å². The molecule has 1 N–H and O–H groups in total. The summed E-state index contributed by atoms with van der Waals surface area (Å²) in [4.78, 5) is 11.5. The predicted octanol–water partition coefficient (Wildman–Crippen LogP) is 2.63. The molecule has 0 fully saturated rings. The zero-order valence-corrected chi connectivity index (χ0v) is 12.7. The summed E-state index contributed by atoms with van der Waals surface area (Å²) in [5.41, 5.74) is 2.38. The van der Waals surface area contributed by atoms with E-state index >= 15 is 0 Å². The second kappa shape index (κ2) is 8.92. The van der Waals surface area contributed by atoms with E-state index in [0.717, 1.165) is 11.1 Å². The van der Waals surface area contributed by atoms with Gasteiger partial charge in [-0.15, -0.1) is 0 Å². The smallest absolute Gasteiger partial charge is 0.341 e. The second-order valence-electron chi connectivity index (χ2n) is 4.12. The van der Waals surface area contributed by atoms with Crippen molar-refractivity contribution in [3.05, 3.63) is 53.3 Å². The monoisotopic (exact) mass is 290 g/mol. The van der Waals surface area contributed by atoms with Gasteiger partial charge in [-0.25, -0.2) is 4.79 Å². The molecule has 0 aliphatic carbocycles. The molecule has 0 bridgehead atoms. The Hall–Kier alpha value is -2.14. The number of rotatable bonds is 5. The van der Waals surface area contributed by atoms with Crippen molar-refractivity contribution in [2.24, 2.45) is 0 Å². The van der Waals surface area contributed by atoms with Crippen LogP contribution in [0.15, 0.2) is 36.7 Å². The van der Waals surface area contributed by atoms with Crippen molar-refractivity contribution in [3.8, 4) is 0 Å². The quantitative estimate of drug-likeness (QED) is 0.860. The molecular weight excluding hydrogens is 268 g/mol. The van der Waals surface area contributed by atoms with Crippen LogP contribution in [0.25, 0.3) is 0 Å². The van der Waals surface area contributed by atoms with E-state index < -0.39 is 0 Å². The zero-order chi connectivity index (χ0) is 15.7. The van der Waals surface area contributed by atoms with Gasteiger partial charge in [0.15, 0.2) is 0 Å². The summed E-state index contributed by atoms with van der Waals surface area (Å²) in [7, 11) is 0. The minimum absolute atomic E-state index is 0.0368. The molecule has 114 valence electrons. The third kappa shape index (κ3) is 5.04. The fourth-order valence-corrected chi connectivity index (χ4v) is 1.71. The summed E-state index contributed by atoms with van der Waals surface area (Å²) in [5, 5.41) is 13.1. The molecule has 0 radical (unpaired) electrons. The van der Waals surface area contributed by atoms with E-state index in [4.69, 9.17) is 9.84 Å². The number of benzene rings is 1. The molecule has 1 heterocycles. The van der Waals surface area contributed by atoms with Crippen molar-refractivity contribution in [1.82, 2.24) is 9.78 Å². The highest BCUT2D eigenvalue weighted by Gasteiger charge is 2.09. The number of aromatic nitrogens is 2. The number of ether oxygens (including phenoxy) is 1. The van der Waals surface area contributed by atoms with Gasteiger partial charge in [0.05, 0.1) is 31.5 Å². The Morgan fingerprint density at radius 2 is 1.86 bits per heavy atom. The van der Waals surface area contributed by atoms with Crippen molar-refractivity contribution < 1.29 is 14.6 Å². The van der Waals surface area contributed by atoms with Crippen LogP contribution < -0.4 is 0 Å². The SMILES string of the molecule is CC.CCOC(=O)c1cnn(Cc2ccc(CO)cc2)c1. The molecule has 5 heteroatoms. The average Bonchev–Trinajstić information content (AvgIpc) is 2.99. The van der Waals surface area contributed by atoms with E-state index in [1.807, 2.05) is 38.1 Å². The Balaban J connectivity index is 0.00000106. The molecule has 21 heavy (non-hydrogen) atoms. The highest BCUT2D eigenvalue weighted by atomic mass is 16.5. The molecule has 0 saturated carbocycles. The summed E-state index contributed by atoms with van der Waals surface area (Å²) in [6.45, 7) is 6.73. The molecule has 0 amide bonds. The molecule has 0 aliphatic rings. The lowest BCUT2D eigenvalue weighted by Gasteiger charge is -2.03. The largest absolute Gasteiger partial charge is 0.462 e. The molecule has 1 aromatic heterocycles. The molecule has 0 unspecified atom stereocenters. The highest BCUT2D eigenvalue weighted by molar-refractivity contribution is 5.88. The normalized spacial score (nSPS) is 9.71. The topological polar surface area (TPSA) is 64.3 Å². The van der Waals surface area contributed by atoms with Crippen LogP contribution in [0.4, 0.5) is 0 Å². The van der Waals surface area contributed by atoms with Crippen molar-refractivity contribution >= 4 is 5.97 Å². The van der Waals surface area contributed by atoms with E-state index in [9.17, 15) is 4.79 Å². The van der Waals surface area contributed by atoms with Gasteiger partial charge in [0, 0.05) is 6.20 Å². The molecule has 0 aliphatic heterocycles. The van der Waals surface area contributed by atoms with Crippen molar-refractivity contribution in [3.63, 3.8) is 0 Å². The van der Waals surface area contributed by atoms with Gasteiger partial charge in [0.1, 0.15) is 0 Å². The Morgan fingerprint density at radius 1 is 1.24 bits per heavy atom. The number of esters is 1. The third-order valence-electron chi connectivity index (χ3n) is 2.69. The van der Waals surface area contributed by atoms with E-state index in [1.165, 1.54) is 6.20 Å². The van der Waals surface area contributed by atoms with Crippen LogP contribution in [0.3, 0.4) is 0 Å². The average molecular weight is 290 g/mol. The molecule has 0 atom stereocenters. The van der Waals surface area contributed by atoms with Gasteiger partial charge in [-0.1, -0.05) is 38.1 Å². The lowest BCUT2D eigenvalue weighted by atomic mass is 10.1. The van der Waals surface area contributed by atoms with Gasteiger partial charge in [-0.3, -0.25) is 4.68 Å². The minimum Gasteiger partial charge on any atom is -0.462 e. The summed E-state index contributed by atoms with van der Waals surface area (Å²) < 4.78 is 6.58. The Bertz CT molecular complexity index is 547.